The van der Waals surface area contributed by atoms with Crippen LogP contribution in [0.5, 0.6) is 23.0 Å². The molecule has 0 radical (unpaired) electrons. The molecule has 186 valence electrons. The van der Waals surface area contributed by atoms with E-state index in [-0.39, 0.29) is 12.2 Å². The first kappa shape index (κ1) is 24.9. The highest BCUT2D eigenvalue weighted by atomic mass is 35.5. The first-order chi connectivity index (χ1) is 17.6. The molecule has 1 aliphatic heterocycles. The summed E-state index contributed by atoms with van der Waals surface area (Å²) in [5.74, 6) is 1.08. The highest BCUT2D eigenvalue weighted by Crippen LogP contribution is 2.38. The molecule has 4 rings (SSSR count). The summed E-state index contributed by atoms with van der Waals surface area (Å²) in [5, 5.41) is 0.397. The minimum absolute atomic E-state index is 0.242. The maximum atomic E-state index is 12.6. The van der Waals surface area contributed by atoms with E-state index in [0.29, 0.717) is 47.7 Å². The second-order valence-corrected chi connectivity index (χ2v) is 8.07. The SMILES string of the molecule is O=C(/C=C/c1cc(Cl)c2c(c1)OCCCO2)NNC(=O)c1ccccc1OCCOc1ccccc1. The Kier molecular flexibility index (Phi) is 8.67. The van der Waals surface area contributed by atoms with E-state index in [9.17, 15) is 9.59 Å². The Balaban J connectivity index is 1.29. The molecule has 0 fully saturated rings. The predicted molar refractivity (Wildman–Crippen MR) is 136 cm³/mol. The Morgan fingerprint density at radius 3 is 2.53 bits per heavy atom. The molecule has 0 atom stereocenters. The molecule has 3 aromatic rings. The van der Waals surface area contributed by atoms with Crippen LogP contribution in [-0.2, 0) is 4.79 Å². The number of hydrogen-bond acceptors (Lipinski definition) is 6. The lowest BCUT2D eigenvalue weighted by Gasteiger charge is -2.12. The highest BCUT2D eigenvalue weighted by Gasteiger charge is 2.15. The molecule has 1 heterocycles. The summed E-state index contributed by atoms with van der Waals surface area (Å²) >= 11 is 6.28. The molecule has 2 amide bonds. The molecule has 0 saturated heterocycles. The standard InChI is InChI=1S/C27H25ClN2O6/c28-22-17-19(18-24-26(22)36-14-6-13-34-24)11-12-25(31)29-30-27(32)21-9-4-5-10-23(21)35-16-15-33-20-7-2-1-3-8-20/h1-5,7-12,17-18H,6,13-16H2,(H,29,31)(H,30,32)/b12-11+. The fourth-order valence-electron chi connectivity index (χ4n) is 3.35. The molecule has 1 aliphatic rings. The van der Waals surface area contributed by atoms with Gasteiger partial charge in [0.15, 0.2) is 11.5 Å². The lowest BCUT2D eigenvalue weighted by atomic mass is 10.2. The van der Waals surface area contributed by atoms with E-state index < -0.39 is 11.8 Å². The Morgan fingerprint density at radius 1 is 0.917 bits per heavy atom. The van der Waals surface area contributed by atoms with E-state index in [2.05, 4.69) is 10.9 Å². The normalized spacial score (nSPS) is 12.5. The van der Waals surface area contributed by atoms with Crippen LogP contribution < -0.4 is 29.8 Å². The van der Waals surface area contributed by atoms with Crippen molar-refractivity contribution in [1.82, 2.24) is 10.9 Å². The minimum atomic E-state index is -0.527. The number of carbonyl (C=O) groups is 2. The van der Waals surface area contributed by atoms with E-state index in [1.54, 1.807) is 42.5 Å². The van der Waals surface area contributed by atoms with Crippen LogP contribution >= 0.6 is 11.6 Å². The van der Waals surface area contributed by atoms with Crippen LogP contribution in [0.1, 0.15) is 22.3 Å². The van der Waals surface area contributed by atoms with Gasteiger partial charge in [-0.05, 0) is 48.0 Å². The number of halogens is 1. The van der Waals surface area contributed by atoms with Gasteiger partial charge in [0.05, 0.1) is 23.8 Å². The minimum Gasteiger partial charge on any atom is -0.490 e. The number of fused-ring (bicyclic) bond motifs is 1. The van der Waals surface area contributed by atoms with Crippen molar-refractivity contribution >= 4 is 29.5 Å². The van der Waals surface area contributed by atoms with Crippen molar-refractivity contribution in [3.8, 4) is 23.0 Å². The highest BCUT2D eigenvalue weighted by molar-refractivity contribution is 6.32. The number of amides is 2. The van der Waals surface area contributed by atoms with E-state index in [4.69, 9.17) is 30.5 Å². The lowest BCUT2D eigenvalue weighted by Crippen LogP contribution is -2.40. The van der Waals surface area contributed by atoms with Gasteiger partial charge in [-0.1, -0.05) is 41.9 Å². The molecule has 0 aliphatic carbocycles. The van der Waals surface area contributed by atoms with Crippen molar-refractivity contribution in [1.29, 1.82) is 0 Å². The molecule has 8 nitrogen and oxygen atoms in total. The Morgan fingerprint density at radius 2 is 1.67 bits per heavy atom. The number of nitrogens with one attached hydrogen (secondary N) is 2. The smallest absolute Gasteiger partial charge is 0.273 e. The van der Waals surface area contributed by atoms with Gasteiger partial charge in [-0.2, -0.15) is 0 Å². The molecule has 2 N–H and O–H groups in total. The topological polar surface area (TPSA) is 95.1 Å². The van der Waals surface area contributed by atoms with Crippen LogP contribution in [-0.4, -0.2) is 38.2 Å². The summed E-state index contributed by atoms with van der Waals surface area (Å²) in [6.45, 7) is 1.60. The Bertz CT molecular complexity index is 1230. The molecule has 0 unspecified atom stereocenters. The molecule has 0 saturated carbocycles. The van der Waals surface area contributed by atoms with E-state index in [1.165, 1.54) is 6.08 Å². The number of hydrazine groups is 1. The molecule has 0 aromatic heterocycles. The zero-order valence-electron chi connectivity index (χ0n) is 19.4. The number of carbonyl (C=O) groups excluding carboxylic acids is 2. The van der Waals surface area contributed by atoms with Gasteiger partial charge in [0.1, 0.15) is 24.7 Å². The zero-order chi connectivity index (χ0) is 25.2. The summed E-state index contributed by atoms with van der Waals surface area (Å²) in [5.41, 5.74) is 5.68. The fourth-order valence-corrected chi connectivity index (χ4v) is 3.63. The molecule has 3 aromatic carbocycles. The van der Waals surface area contributed by atoms with Crippen molar-refractivity contribution in [2.45, 2.75) is 6.42 Å². The van der Waals surface area contributed by atoms with Crippen molar-refractivity contribution < 1.29 is 28.5 Å². The number of para-hydroxylation sites is 2. The van der Waals surface area contributed by atoms with Crippen molar-refractivity contribution in [3.63, 3.8) is 0 Å². The third-order valence-electron chi connectivity index (χ3n) is 5.04. The largest absolute Gasteiger partial charge is 0.490 e. The zero-order valence-corrected chi connectivity index (χ0v) is 20.1. The summed E-state index contributed by atoms with van der Waals surface area (Å²) in [6, 6.07) is 19.5. The van der Waals surface area contributed by atoms with E-state index >= 15 is 0 Å². The van der Waals surface area contributed by atoms with Crippen LogP contribution in [0.4, 0.5) is 0 Å². The van der Waals surface area contributed by atoms with Gasteiger partial charge in [0.25, 0.3) is 11.8 Å². The van der Waals surface area contributed by atoms with Gasteiger partial charge < -0.3 is 18.9 Å². The summed E-state index contributed by atoms with van der Waals surface area (Å²) in [7, 11) is 0. The number of ether oxygens (including phenoxy) is 4. The molecule has 0 spiro atoms. The summed E-state index contributed by atoms with van der Waals surface area (Å²) in [4.78, 5) is 24.9. The Labute approximate surface area is 213 Å². The van der Waals surface area contributed by atoms with Crippen LogP contribution in [0.25, 0.3) is 6.08 Å². The average molecular weight is 509 g/mol. The number of benzene rings is 3. The van der Waals surface area contributed by atoms with Crippen LogP contribution in [0.15, 0.2) is 72.8 Å². The Hall–Kier alpha value is -4.17. The fraction of sp³-hybridized carbons (Fsp3) is 0.185. The molecule has 0 bridgehead atoms. The maximum absolute atomic E-state index is 12.6. The third kappa shape index (κ3) is 6.93. The molecular formula is C27H25ClN2O6. The van der Waals surface area contributed by atoms with Crippen LogP contribution in [0.3, 0.4) is 0 Å². The van der Waals surface area contributed by atoms with Gasteiger partial charge in [-0.15, -0.1) is 0 Å². The first-order valence-electron chi connectivity index (χ1n) is 11.4. The van der Waals surface area contributed by atoms with Gasteiger partial charge >= 0.3 is 0 Å². The maximum Gasteiger partial charge on any atom is 0.273 e. The molecular weight excluding hydrogens is 484 g/mol. The van der Waals surface area contributed by atoms with Crippen LogP contribution in [0, 0.1) is 0 Å². The first-order valence-corrected chi connectivity index (χ1v) is 11.7. The monoisotopic (exact) mass is 508 g/mol. The summed E-state index contributed by atoms with van der Waals surface area (Å²) < 4.78 is 22.6. The lowest BCUT2D eigenvalue weighted by molar-refractivity contribution is -0.117. The quantitative estimate of drug-likeness (QED) is 0.265. The van der Waals surface area contributed by atoms with Gasteiger partial charge in [0.2, 0.25) is 0 Å². The van der Waals surface area contributed by atoms with Gasteiger partial charge in [-0.3, -0.25) is 20.4 Å². The number of rotatable bonds is 8. The van der Waals surface area contributed by atoms with Crippen molar-refractivity contribution in [2.75, 3.05) is 26.4 Å². The van der Waals surface area contributed by atoms with E-state index in [0.717, 1.165) is 12.2 Å². The predicted octanol–water partition coefficient (Wildman–Crippen LogP) is 4.43. The molecule has 9 heteroatoms. The van der Waals surface area contributed by atoms with Crippen molar-refractivity contribution in [3.05, 3.63) is 89.0 Å². The third-order valence-corrected chi connectivity index (χ3v) is 5.32. The summed E-state index contributed by atoms with van der Waals surface area (Å²) in [6.07, 6.45) is 3.60. The molecule has 36 heavy (non-hydrogen) atoms. The van der Waals surface area contributed by atoms with Gasteiger partial charge in [-0.25, -0.2) is 0 Å². The second kappa shape index (κ2) is 12.5. The van der Waals surface area contributed by atoms with Crippen molar-refractivity contribution in [2.24, 2.45) is 0 Å². The second-order valence-electron chi connectivity index (χ2n) is 7.66. The number of hydrogen-bond donors (Lipinski definition) is 2. The average Bonchev–Trinajstić information content (AvgIpc) is 3.15. The van der Waals surface area contributed by atoms with Crippen LogP contribution in [0.2, 0.25) is 5.02 Å². The van der Waals surface area contributed by atoms with Gasteiger partial charge in [0, 0.05) is 12.5 Å². The van der Waals surface area contributed by atoms with E-state index in [1.807, 2.05) is 30.3 Å².